The lowest BCUT2D eigenvalue weighted by molar-refractivity contribution is 0.176. The van der Waals surface area contributed by atoms with Crippen molar-refractivity contribution in [1.82, 2.24) is 5.32 Å². The van der Waals surface area contributed by atoms with Gasteiger partial charge in [0.15, 0.2) is 0 Å². The Morgan fingerprint density at radius 1 is 1.60 bits per heavy atom. The molecule has 0 fully saturated rings. The van der Waals surface area contributed by atoms with Gasteiger partial charge in [0.05, 0.1) is 6.10 Å². The topological polar surface area (TPSA) is 32.3 Å². The van der Waals surface area contributed by atoms with Crippen LogP contribution in [0.25, 0.3) is 0 Å². The van der Waals surface area contributed by atoms with E-state index in [1.165, 1.54) is 12.1 Å². The van der Waals surface area contributed by atoms with Gasteiger partial charge in [-0.3, -0.25) is 0 Å². The first kappa shape index (κ1) is 12.2. The molecular weight excluding hydrogens is 217 g/mol. The highest BCUT2D eigenvalue weighted by atomic mass is 35.5. The van der Waals surface area contributed by atoms with Gasteiger partial charge in [-0.15, -0.1) is 0 Å². The van der Waals surface area contributed by atoms with Crippen molar-refractivity contribution in [2.45, 2.75) is 6.10 Å². The molecule has 0 spiro atoms. The zero-order chi connectivity index (χ0) is 11.3. The Kier molecular flexibility index (Phi) is 4.75. The Morgan fingerprint density at radius 3 is 2.93 bits per heavy atom. The second-order valence-corrected chi connectivity index (χ2v) is 3.75. The summed E-state index contributed by atoms with van der Waals surface area (Å²) in [6.07, 6.45) is -0.739. The first-order chi connectivity index (χ1) is 7.09. The fraction of sp³-hybridized carbons (Fsp3) is 0.273. The summed E-state index contributed by atoms with van der Waals surface area (Å²) in [5.74, 6) is -0.353. The number of hydrogen-bond donors (Lipinski definition) is 2. The van der Waals surface area contributed by atoms with Crippen LogP contribution in [0.1, 0.15) is 11.7 Å². The van der Waals surface area contributed by atoms with Crippen LogP contribution in [0.3, 0.4) is 0 Å². The van der Waals surface area contributed by atoms with Gasteiger partial charge in [-0.2, -0.15) is 0 Å². The van der Waals surface area contributed by atoms with Crippen LogP contribution in [0.2, 0.25) is 0 Å². The number of rotatable bonds is 5. The third kappa shape index (κ3) is 4.42. The van der Waals surface area contributed by atoms with Crippen LogP contribution in [0.15, 0.2) is 35.9 Å². The summed E-state index contributed by atoms with van der Waals surface area (Å²) in [6.45, 7) is 4.24. The predicted molar refractivity (Wildman–Crippen MR) is 59.2 cm³/mol. The molecule has 1 unspecified atom stereocenters. The van der Waals surface area contributed by atoms with Crippen LogP contribution in [-0.4, -0.2) is 18.2 Å². The standard InChI is InChI=1S/C11H13ClFNO/c1-8(12)6-14-7-11(15)9-3-2-4-10(13)5-9/h2-5,11,14-15H,1,6-7H2. The van der Waals surface area contributed by atoms with Crippen LogP contribution in [-0.2, 0) is 0 Å². The van der Waals surface area contributed by atoms with E-state index < -0.39 is 6.10 Å². The Morgan fingerprint density at radius 2 is 2.33 bits per heavy atom. The highest BCUT2D eigenvalue weighted by Gasteiger charge is 2.07. The van der Waals surface area contributed by atoms with Gasteiger partial charge in [0.1, 0.15) is 5.82 Å². The van der Waals surface area contributed by atoms with Crippen molar-refractivity contribution in [3.05, 3.63) is 47.3 Å². The molecule has 0 aromatic heterocycles. The van der Waals surface area contributed by atoms with Gasteiger partial charge >= 0.3 is 0 Å². The molecule has 2 nitrogen and oxygen atoms in total. The lowest BCUT2D eigenvalue weighted by atomic mass is 10.1. The number of halogens is 2. The maximum atomic E-state index is 12.8. The van der Waals surface area contributed by atoms with Crippen LogP contribution in [0.5, 0.6) is 0 Å². The second-order valence-electron chi connectivity index (χ2n) is 3.22. The minimum absolute atomic E-state index is 0.315. The first-order valence-corrected chi connectivity index (χ1v) is 4.95. The summed E-state index contributed by atoms with van der Waals surface area (Å²) in [5, 5.41) is 13.0. The van der Waals surface area contributed by atoms with E-state index in [9.17, 15) is 9.50 Å². The van der Waals surface area contributed by atoms with Crippen molar-refractivity contribution in [2.75, 3.05) is 13.1 Å². The van der Waals surface area contributed by atoms with Gasteiger partial charge in [-0.25, -0.2) is 4.39 Å². The molecule has 1 rings (SSSR count). The van der Waals surface area contributed by atoms with Crippen molar-refractivity contribution in [3.63, 3.8) is 0 Å². The van der Waals surface area contributed by atoms with Gasteiger partial charge in [-0.05, 0) is 17.7 Å². The molecule has 0 bridgehead atoms. The number of aliphatic hydroxyl groups is 1. The van der Waals surface area contributed by atoms with Crippen LogP contribution < -0.4 is 5.32 Å². The van der Waals surface area contributed by atoms with Crippen molar-refractivity contribution in [3.8, 4) is 0 Å². The van der Waals surface area contributed by atoms with Gasteiger partial charge in [-0.1, -0.05) is 30.3 Å². The fourth-order valence-corrected chi connectivity index (χ4v) is 1.27. The number of aliphatic hydroxyl groups excluding tert-OH is 1. The highest BCUT2D eigenvalue weighted by molar-refractivity contribution is 6.29. The summed E-state index contributed by atoms with van der Waals surface area (Å²) < 4.78 is 12.8. The summed E-state index contributed by atoms with van der Waals surface area (Å²) in [6, 6.07) is 5.88. The zero-order valence-corrected chi connectivity index (χ0v) is 8.97. The molecule has 1 aromatic carbocycles. The van der Waals surface area contributed by atoms with E-state index in [0.29, 0.717) is 23.7 Å². The molecule has 4 heteroatoms. The molecule has 1 atom stereocenters. The number of nitrogens with one attached hydrogen (secondary N) is 1. The van der Waals surface area contributed by atoms with Gasteiger partial charge < -0.3 is 10.4 Å². The van der Waals surface area contributed by atoms with E-state index >= 15 is 0 Å². The predicted octanol–water partition coefficient (Wildman–Crippen LogP) is 2.20. The van der Waals surface area contributed by atoms with Crippen molar-refractivity contribution < 1.29 is 9.50 Å². The number of benzene rings is 1. The van der Waals surface area contributed by atoms with E-state index in [1.807, 2.05) is 0 Å². The third-order valence-corrected chi connectivity index (χ3v) is 2.02. The highest BCUT2D eigenvalue weighted by Crippen LogP contribution is 2.12. The zero-order valence-electron chi connectivity index (χ0n) is 8.21. The smallest absolute Gasteiger partial charge is 0.123 e. The molecule has 0 amide bonds. The van der Waals surface area contributed by atoms with Crippen molar-refractivity contribution in [2.24, 2.45) is 0 Å². The first-order valence-electron chi connectivity index (χ1n) is 4.57. The summed E-state index contributed by atoms with van der Waals surface area (Å²) in [7, 11) is 0. The Bertz CT molecular complexity index is 343. The van der Waals surface area contributed by atoms with Crippen molar-refractivity contribution >= 4 is 11.6 Å². The summed E-state index contributed by atoms with van der Waals surface area (Å²) in [4.78, 5) is 0. The van der Waals surface area contributed by atoms with E-state index in [-0.39, 0.29) is 5.82 Å². The monoisotopic (exact) mass is 229 g/mol. The minimum Gasteiger partial charge on any atom is -0.387 e. The molecule has 82 valence electrons. The second kappa shape index (κ2) is 5.85. The normalized spacial score (nSPS) is 12.5. The Labute approximate surface area is 93.4 Å². The van der Waals surface area contributed by atoms with E-state index in [1.54, 1.807) is 12.1 Å². The minimum atomic E-state index is -0.739. The molecule has 0 radical (unpaired) electrons. The maximum absolute atomic E-state index is 12.8. The molecule has 15 heavy (non-hydrogen) atoms. The van der Waals surface area contributed by atoms with Crippen LogP contribution >= 0.6 is 11.6 Å². The molecule has 0 aliphatic rings. The third-order valence-electron chi connectivity index (χ3n) is 1.89. The molecule has 1 aromatic rings. The molecule has 2 N–H and O–H groups in total. The SMILES string of the molecule is C=C(Cl)CNCC(O)c1cccc(F)c1. The average molecular weight is 230 g/mol. The van der Waals surface area contributed by atoms with E-state index in [0.717, 1.165) is 0 Å². The fourth-order valence-electron chi connectivity index (χ4n) is 1.18. The summed E-state index contributed by atoms with van der Waals surface area (Å²) in [5.41, 5.74) is 0.544. The summed E-state index contributed by atoms with van der Waals surface area (Å²) >= 11 is 5.53. The maximum Gasteiger partial charge on any atom is 0.123 e. The van der Waals surface area contributed by atoms with Crippen LogP contribution in [0.4, 0.5) is 4.39 Å². The average Bonchev–Trinajstić information content (AvgIpc) is 2.17. The lowest BCUT2D eigenvalue weighted by Gasteiger charge is -2.11. The molecule has 0 saturated heterocycles. The Hall–Kier alpha value is -0.900. The van der Waals surface area contributed by atoms with Crippen LogP contribution in [0, 0.1) is 5.82 Å². The number of hydrogen-bond acceptors (Lipinski definition) is 2. The van der Waals surface area contributed by atoms with Gasteiger partial charge in [0.2, 0.25) is 0 Å². The molecule has 0 saturated carbocycles. The van der Waals surface area contributed by atoms with E-state index in [2.05, 4.69) is 11.9 Å². The van der Waals surface area contributed by atoms with E-state index in [4.69, 9.17) is 11.6 Å². The molecule has 0 aliphatic carbocycles. The molecule has 0 aliphatic heterocycles. The molecule has 0 heterocycles. The Balaban J connectivity index is 2.46. The van der Waals surface area contributed by atoms with Gasteiger partial charge in [0.25, 0.3) is 0 Å². The van der Waals surface area contributed by atoms with Crippen molar-refractivity contribution in [1.29, 1.82) is 0 Å². The molecular formula is C11H13ClFNO. The lowest BCUT2D eigenvalue weighted by Crippen LogP contribution is -2.22. The quantitative estimate of drug-likeness (QED) is 0.812. The van der Waals surface area contributed by atoms with Gasteiger partial charge in [0, 0.05) is 18.1 Å². The largest absolute Gasteiger partial charge is 0.387 e.